The molecule has 1 aromatic heterocycles. The summed E-state index contributed by atoms with van der Waals surface area (Å²) < 4.78 is 6.67. The van der Waals surface area contributed by atoms with Gasteiger partial charge < -0.3 is 4.74 Å². The van der Waals surface area contributed by atoms with Crippen molar-refractivity contribution in [2.45, 2.75) is 13.0 Å². The van der Waals surface area contributed by atoms with Crippen LogP contribution in [0, 0.1) is 0 Å². The number of hydrogen-bond acceptors (Lipinski definition) is 4. The second-order valence-corrected chi connectivity index (χ2v) is 5.92. The fourth-order valence-electron chi connectivity index (χ4n) is 2.91. The van der Waals surface area contributed by atoms with Crippen molar-refractivity contribution in [1.29, 1.82) is 0 Å². The summed E-state index contributed by atoms with van der Waals surface area (Å²) in [5.41, 5.74) is 2.87. The molecule has 0 amide bonds. The minimum Gasteiger partial charge on any atom is -0.493 e. The van der Waals surface area contributed by atoms with E-state index in [0.717, 1.165) is 23.3 Å². The molecule has 0 unspecified atom stereocenters. The van der Waals surface area contributed by atoms with Crippen LogP contribution in [-0.4, -0.2) is 22.2 Å². The van der Waals surface area contributed by atoms with Crippen LogP contribution < -0.4 is 10.3 Å². The standard InChI is InChI=1S/C20H16N2O3/c23-18(15-6-8-19-16(12-15)10-11-25-19)13-22-20(24)9-7-17(21-22)14-4-2-1-3-5-14/h1-9,12H,10-11,13H2. The van der Waals surface area contributed by atoms with E-state index < -0.39 is 0 Å². The Morgan fingerprint density at radius 3 is 2.76 bits per heavy atom. The SMILES string of the molecule is O=C(Cn1nc(-c2ccccc2)ccc1=O)c1ccc2c(c1)CCO2. The van der Waals surface area contributed by atoms with Gasteiger partial charge >= 0.3 is 0 Å². The average molecular weight is 332 g/mol. The number of fused-ring (bicyclic) bond motifs is 1. The second kappa shape index (κ2) is 6.36. The number of hydrogen-bond donors (Lipinski definition) is 0. The van der Waals surface area contributed by atoms with Crippen molar-refractivity contribution in [1.82, 2.24) is 9.78 Å². The second-order valence-electron chi connectivity index (χ2n) is 5.92. The molecule has 2 aromatic carbocycles. The summed E-state index contributed by atoms with van der Waals surface area (Å²) >= 11 is 0. The zero-order chi connectivity index (χ0) is 17.2. The van der Waals surface area contributed by atoms with Crippen LogP contribution in [0.5, 0.6) is 5.75 Å². The average Bonchev–Trinajstić information content (AvgIpc) is 3.12. The number of nitrogens with zero attached hydrogens (tertiary/aromatic N) is 2. The third-order valence-corrected chi connectivity index (χ3v) is 4.24. The van der Waals surface area contributed by atoms with Crippen LogP contribution in [0.3, 0.4) is 0 Å². The first-order valence-corrected chi connectivity index (χ1v) is 8.13. The number of aromatic nitrogens is 2. The molecule has 4 rings (SSSR count). The Balaban J connectivity index is 1.62. The Morgan fingerprint density at radius 1 is 1.08 bits per heavy atom. The zero-order valence-electron chi connectivity index (χ0n) is 13.5. The maximum absolute atomic E-state index is 12.6. The van der Waals surface area contributed by atoms with Crippen molar-refractivity contribution < 1.29 is 9.53 Å². The Kier molecular flexibility index (Phi) is 3.90. The van der Waals surface area contributed by atoms with Crippen LogP contribution >= 0.6 is 0 Å². The normalized spacial score (nSPS) is 12.5. The molecule has 0 aliphatic carbocycles. The van der Waals surface area contributed by atoms with Crippen LogP contribution in [0.15, 0.2) is 65.5 Å². The van der Waals surface area contributed by atoms with Crippen LogP contribution in [0.25, 0.3) is 11.3 Å². The molecule has 0 bridgehead atoms. The summed E-state index contributed by atoms with van der Waals surface area (Å²) in [7, 11) is 0. The summed E-state index contributed by atoms with van der Waals surface area (Å²) in [5, 5.41) is 4.34. The lowest BCUT2D eigenvalue weighted by Gasteiger charge is -2.08. The Labute approximate surface area is 144 Å². The number of carbonyl (C=O) groups excluding carboxylic acids is 1. The molecule has 0 atom stereocenters. The molecule has 0 saturated carbocycles. The maximum atomic E-state index is 12.6. The predicted molar refractivity (Wildman–Crippen MR) is 93.9 cm³/mol. The molecule has 0 spiro atoms. The molecule has 25 heavy (non-hydrogen) atoms. The largest absolute Gasteiger partial charge is 0.493 e. The number of carbonyl (C=O) groups is 1. The fraction of sp³-hybridized carbons (Fsp3) is 0.150. The molecule has 0 radical (unpaired) electrons. The Morgan fingerprint density at radius 2 is 1.92 bits per heavy atom. The van der Waals surface area contributed by atoms with Gasteiger partial charge in [-0.15, -0.1) is 0 Å². The fourth-order valence-corrected chi connectivity index (χ4v) is 2.91. The van der Waals surface area contributed by atoms with E-state index >= 15 is 0 Å². The monoisotopic (exact) mass is 332 g/mol. The molecule has 1 aliphatic heterocycles. The maximum Gasteiger partial charge on any atom is 0.267 e. The van der Waals surface area contributed by atoms with Crippen molar-refractivity contribution >= 4 is 5.78 Å². The number of rotatable bonds is 4. The number of ketones is 1. The first-order chi connectivity index (χ1) is 12.2. The predicted octanol–water partition coefficient (Wildman–Crippen LogP) is 2.73. The topological polar surface area (TPSA) is 61.2 Å². The van der Waals surface area contributed by atoms with Crippen molar-refractivity contribution in [3.63, 3.8) is 0 Å². The van der Waals surface area contributed by atoms with E-state index in [4.69, 9.17) is 4.74 Å². The van der Waals surface area contributed by atoms with E-state index in [0.29, 0.717) is 17.9 Å². The first-order valence-electron chi connectivity index (χ1n) is 8.13. The highest BCUT2D eigenvalue weighted by Crippen LogP contribution is 2.26. The highest BCUT2D eigenvalue weighted by atomic mass is 16.5. The van der Waals surface area contributed by atoms with Gasteiger partial charge in [0.15, 0.2) is 5.78 Å². The Bertz CT molecular complexity index is 993. The molecule has 124 valence electrons. The first kappa shape index (κ1) is 15.3. The summed E-state index contributed by atoms with van der Waals surface area (Å²) in [5.74, 6) is 0.687. The highest BCUT2D eigenvalue weighted by Gasteiger charge is 2.16. The molecular formula is C20H16N2O3. The van der Waals surface area contributed by atoms with E-state index in [1.54, 1.807) is 12.1 Å². The van der Waals surface area contributed by atoms with Gasteiger partial charge in [0, 0.05) is 23.6 Å². The molecule has 2 heterocycles. The van der Waals surface area contributed by atoms with Crippen LogP contribution in [0.2, 0.25) is 0 Å². The molecular weight excluding hydrogens is 316 g/mol. The third-order valence-electron chi connectivity index (χ3n) is 4.24. The summed E-state index contributed by atoms with van der Waals surface area (Å²) in [6.07, 6.45) is 0.804. The van der Waals surface area contributed by atoms with E-state index in [-0.39, 0.29) is 17.9 Å². The third kappa shape index (κ3) is 3.08. The highest BCUT2D eigenvalue weighted by molar-refractivity contribution is 5.96. The minimum atomic E-state index is -0.294. The number of Topliss-reactive ketones (excluding diaryl/α,β-unsaturated/α-hetero) is 1. The van der Waals surface area contributed by atoms with Gasteiger partial charge in [0.25, 0.3) is 5.56 Å². The molecule has 0 N–H and O–H groups in total. The van der Waals surface area contributed by atoms with E-state index in [9.17, 15) is 9.59 Å². The summed E-state index contributed by atoms with van der Waals surface area (Å²) in [6.45, 7) is 0.562. The van der Waals surface area contributed by atoms with E-state index in [1.807, 2.05) is 42.5 Å². The lowest BCUT2D eigenvalue weighted by molar-refractivity contribution is 0.0965. The van der Waals surface area contributed by atoms with Crippen molar-refractivity contribution in [3.8, 4) is 17.0 Å². The van der Waals surface area contributed by atoms with Gasteiger partial charge in [0.2, 0.25) is 0 Å². The van der Waals surface area contributed by atoms with Gasteiger partial charge in [-0.05, 0) is 29.8 Å². The lowest BCUT2D eigenvalue weighted by Crippen LogP contribution is -2.26. The number of ether oxygens (including phenoxy) is 1. The summed E-state index contributed by atoms with van der Waals surface area (Å²) in [4.78, 5) is 24.7. The van der Waals surface area contributed by atoms with Crippen LogP contribution in [-0.2, 0) is 13.0 Å². The molecule has 0 saturated heterocycles. The van der Waals surface area contributed by atoms with Crippen LogP contribution in [0.1, 0.15) is 15.9 Å². The van der Waals surface area contributed by atoms with E-state index in [2.05, 4.69) is 5.10 Å². The minimum absolute atomic E-state index is 0.0842. The summed E-state index contributed by atoms with van der Waals surface area (Å²) in [6, 6.07) is 18.1. The molecule has 5 nitrogen and oxygen atoms in total. The number of benzene rings is 2. The van der Waals surface area contributed by atoms with Gasteiger partial charge in [0.1, 0.15) is 12.3 Å². The van der Waals surface area contributed by atoms with Gasteiger partial charge in [-0.2, -0.15) is 5.10 Å². The molecule has 1 aliphatic rings. The van der Waals surface area contributed by atoms with Gasteiger partial charge in [-0.3, -0.25) is 9.59 Å². The van der Waals surface area contributed by atoms with Gasteiger partial charge in [-0.1, -0.05) is 30.3 Å². The quantitative estimate of drug-likeness (QED) is 0.689. The Hall–Kier alpha value is -3.21. The molecule has 0 fully saturated rings. The molecule has 3 aromatic rings. The van der Waals surface area contributed by atoms with Gasteiger partial charge in [0.05, 0.1) is 12.3 Å². The smallest absolute Gasteiger partial charge is 0.267 e. The zero-order valence-corrected chi connectivity index (χ0v) is 13.5. The van der Waals surface area contributed by atoms with Gasteiger partial charge in [-0.25, -0.2) is 4.68 Å². The van der Waals surface area contributed by atoms with Crippen molar-refractivity contribution in [2.75, 3.05) is 6.61 Å². The van der Waals surface area contributed by atoms with Crippen LogP contribution in [0.4, 0.5) is 0 Å². The molecule has 5 heteroatoms. The van der Waals surface area contributed by atoms with E-state index in [1.165, 1.54) is 10.7 Å². The van der Waals surface area contributed by atoms with Crippen molar-refractivity contribution in [2.24, 2.45) is 0 Å². The van der Waals surface area contributed by atoms with Crippen molar-refractivity contribution in [3.05, 3.63) is 82.1 Å². The lowest BCUT2D eigenvalue weighted by atomic mass is 10.1.